The van der Waals surface area contributed by atoms with Gasteiger partial charge in [0, 0.05) is 25.6 Å². The maximum atomic E-state index is 13.9. The largest absolute Gasteiger partial charge is 0.506 e. The number of nitrogens with zero attached hydrogens (tertiary/aromatic N) is 3. The quantitative estimate of drug-likeness (QED) is 0.402. The second-order valence-corrected chi connectivity index (χ2v) is 9.81. The highest BCUT2D eigenvalue weighted by molar-refractivity contribution is 6.33. The molecule has 0 saturated heterocycles. The Morgan fingerprint density at radius 2 is 1.89 bits per heavy atom. The molecule has 2 saturated carbocycles. The zero-order chi connectivity index (χ0) is 26.0. The fourth-order valence-electron chi connectivity index (χ4n) is 6.36. The van der Waals surface area contributed by atoms with Crippen LogP contribution in [0.4, 0.5) is 5.82 Å². The van der Waals surface area contributed by atoms with E-state index in [1.165, 1.54) is 0 Å². The van der Waals surface area contributed by atoms with Crippen molar-refractivity contribution in [3.05, 3.63) is 17.3 Å². The standard InChI is InChI=1S/C24H31N5O6/c1-5-29(6-2)17-12-8-10-7-11-15(13(30)9-27-23(11)28(3)4)18(31)14(10)21(33)24(12,35)20(25)16(19(17)32)22(26)34/h9-10,12,14,16-17,25,30,35H,5-8H2,1-4H3,(H2,26,34). The molecule has 0 aliphatic heterocycles. The van der Waals surface area contributed by atoms with E-state index < -0.39 is 64.3 Å². The van der Waals surface area contributed by atoms with Crippen molar-refractivity contribution < 1.29 is 29.4 Å². The van der Waals surface area contributed by atoms with Gasteiger partial charge in [0.05, 0.1) is 29.4 Å². The zero-order valence-electron chi connectivity index (χ0n) is 20.2. The van der Waals surface area contributed by atoms with Crippen molar-refractivity contribution in [2.45, 2.75) is 38.3 Å². The fourth-order valence-corrected chi connectivity index (χ4v) is 6.36. The van der Waals surface area contributed by atoms with Crippen LogP contribution in [0.2, 0.25) is 0 Å². The lowest BCUT2D eigenvalue weighted by Crippen LogP contribution is -2.74. The zero-order valence-corrected chi connectivity index (χ0v) is 20.2. The van der Waals surface area contributed by atoms with Gasteiger partial charge in [0.1, 0.15) is 17.5 Å². The second kappa shape index (κ2) is 8.49. The molecule has 11 heteroatoms. The lowest BCUT2D eigenvalue weighted by molar-refractivity contribution is -0.158. The number of aromatic nitrogens is 1. The minimum absolute atomic E-state index is 0.0227. The molecule has 1 aromatic heterocycles. The number of rotatable bonds is 5. The van der Waals surface area contributed by atoms with E-state index >= 15 is 0 Å². The molecule has 2 fully saturated rings. The van der Waals surface area contributed by atoms with Gasteiger partial charge in [-0.05, 0) is 31.8 Å². The number of Topliss-reactive ketones (excluding diaryl/α,β-unsaturated/α-hetero) is 3. The van der Waals surface area contributed by atoms with Gasteiger partial charge in [0.15, 0.2) is 23.0 Å². The smallest absolute Gasteiger partial charge is 0.233 e. The molecule has 1 aromatic rings. The van der Waals surface area contributed by atoms with Crippen molar-refractivity contribution in [2.75, 3.05) is 32.1 Å². The van der Waals surface area contributed by atoms with Gasteiger partial charge in [-0.15, -0.1) is 0 Å². The van der Waals surface area contributed by atoms with Crippen molar-refractivity contribution >= 4 is 34.8 Å². The minimum atomic E-state index is -2.50. The molecule has 3 aliphatic rings. The van der Waals surface area contributed by atoms with Crippen LogP contribution < -0.4 is 10.6 Å². The molecule has 11 nitrogen and oxygen atoms in total. The number of amides is 1. The Morgan fingerprint density at radius 1 is 1.26 bits per heavy atom. The molecular formula is C24H31N5O6. The topological polar surface area (TPSA) is 178 Å². The first-order valence-electron chi connectivity index (χ1n) is 11.8. The van der Waals surface area contributed by atoms with E-state index in [0.717, 1.165) is 6.20 Å². The van der Waals surface area contributed by atoms with Crippen molar-refractivity contribution in [1.82, 2.24) is 9.88 Å². The van der Waals surface area contributed by atoms with Crippen molar-refractivity contribution in [2.24, 2.45) is 29.4 Å². The van der Waals surface area contributed by atoms with E-state index in [2.05, 4.69) is 4.98 Å². The Hall–Kier alpha value is -3.18. The van der Waals surface area contributed by atoms with Gasteiger partial charge in [-0.1, -0.05) is 13.8 Å². The molecule has 0 spiro atoms. The molecule has 1 heterocycles. The van der Waals surface area contributed by atoms with Gasteiger partial charge < -0.3 is 26.3 Å². The number of nitrogens with one attached hydrogen (secondary N) is 1. The summed E-state index contributed by atoms with van der Waals surface area (Å²) in [6.45, 7) is 4.46. The summed E-state index contributed by atoms with van der Waals surface area (Å²) < 4.78 is 0. The molecule has 0 radical (unpaired) electrons. The molecule has 0 bridgehead atoms. The van der Waals surface area contributed by atoms with Gasteiger partial charge >= 0.3 is 0 Å². The predicted molar refractivity (Wildman–Crippen MR) is 125 cm³/mol. The average molecular weight is 486 g/mol. The maximum Gasteiger partial charge on any atom is 0.233 e. The third-order valence-electron chi connectivity index (χ3n) is 7.93. The molecule has 188 valence electrons. The van der Waals surface area contributed by atoms with Crippen molar-refractivity contribution in [3.8, 4) is 5.75 Å². The van der Waals surface area contributed by atoms with Crippen LogP contribution in [0.3, 0.4) is 0 Å². The molecule has 4 rings (SSSR count). The number of pyridine rings is 1. The first-order chi connectivity index (χ1) is 16.4. The van der Waals surface area contributed by atoms with E-state index in [1.807, 2.05) is 13.8 Å². The van der Waals surface area contributed by atoms with Crippen LogP contribution in [0.1, 0.15) is 36.2 Å². The summed E-state index contributed by atoms with van der Waals surface area (Å²) in [6.07, 6.45) is 1.48. The summed E-state index contributed by atoms with van der Waals surface area (Å²) in [5.41, 5.74) is 2.67. The monoisotopic (exact) mass is 485 g/mol. The SMILES string of the molecule is CCN(CC)C1C(=O)C(C(N)=O)C(=N)C2(O)C(=O)C3C(=O)c4c(O)cnc(N(C)C)c4CC3CC12. The predicted octanol–water partition coefficient (Wildman–Crippen LogP) is -0.441. The Balaban J connectivity index is 1.90. The molecule has 35 heavy (non-hydrogen) atoms. The molecule has 1 amide bonds. The van der Waals surface area contributed by atoms with E-state index in [4.69, 9.17) is 11.1 Å². The normalized spacial score (nSPS) is 32.2. The van der Waals surface area contributed by atoms with E-state index in [-0.39, 0.29) is 24.2 Å². The number of aliphatic hydroxyl groups is 1. The number of anilines is 1. The summed E-state index contributed by atoms with van der Waals surface area (Å²) in [4.78, 5) is 60.9. The highest BCUT2D eigenvalue weighted by atomic mass is 16.3. The average Bonchev–Trinajstić information content (AvgIpc) is 2.78. The van der Waals surface area contributed by atoms with Crippen LogP contribution in [-0.2, 0) is 20.8 Å². The number of hydrogen-bond donors (Lipinski definition) is 4. The third kappa shape index (κ3) is 3.32. The molecule has 6 atom stereocenters. The first kappa shape index (κ1) is 24.9. The summed E-state index contributed by atoms with van der Waals surface area (Å²) in [5.74, 6) is -7.85. The van der Waals surface area contributed by atoms with Gasteiger partial charge in [-0.25, -0.2) is 4.98 Å². The fraction of sp³-hybridized carbons (Fsp3) is 0.583. The van der Waals surface area contributed by atoms with E-state index in [1.54, 1.807) is 23.9 Å². The number of likely N-dealkylation sites (N-methyl/N-ethyl adjacent to an activating group) is 1. The summed E-state index contributed by atoms with van der Waals surface area (Å²) in [5, 5.41) is 30.8. The van der Waals surface area contributed by atoms with Gasteiger partial charge in [-0.2, -0.15) is 0 Å². The maximum absolute atomic E-state index is 13.9. The Labute approximate surface area is 202 Å². The lowest BCUT2D eigenvalue weighted by Gasteiger charge is -2.54. The number of carbonyl (C=O) groups is 4. The first-order valence-corrected chi connectivity index (χ1v) is 11.8. The second-order valence-electron chi connectivity index (χ2n) is 9.81. The van der Waals surface area contributed by atoms with Crippen LogP contribution in [0.15, 0.2) is 6.20 Å². The van der Waals surface area contributed by atoms with E-state index in [0.29, 0.717) is 24.5 Å². The van der Waals surface area contributed by atoms with Crippen LogP contribution in [0, 0.1) is 29.1 Å². The number of primary amides is 1. The van der Waals surface area contributed by atoms with Gasteiger partial charge in [-0.3, -0.25) is 24.1 Å². The number of fused-ring (bicyclic) bond motifs is 3. The van der Waals surface area contributed by atoms with Crippen LogP contribution in [0.5, 0.6) is 5.75 Å². The van der Waals surface area contributed by atoms with Crippen molar-refractivity contribution in [1.29, 1.82) is 5.41 Å². The highest BCUT2D eigenvalue weighted by Crippen LogP contribution is 2.51. The van der Waals surface area contributed by atoms with Crippen LogP contribution in [-0.4, -0.2) is 87.9 Å². The van der Waals surface area contributed by atoms with Crippen LogP contribution in [0.25, 0.3) is 0 Å². The van der Waals surface area contributed by atoms with Gasteiger partial charge in [0.2, 0.25) is 5.91 Å². The number of carbonyl (C=O) groups excluding carboxylic acids is 4. The number of nitrogens with two attached hydrogens (primary N) is 1. The highest BCUT2D eigenvalue weighted by Gasteiger charge is 2.67. The number of aromatic hydroxyl groups is 1. The Kier molecular flexibility index (Phi) is 6.05. The molecule has 5 N–H and O–H groups in total. The summed E-state index contributed by atoms with van der Waals surface area (Å²) >= 11 is 0. The molecule has 0 aromatic carbocycles. The number of ketones is 3. The minimum Gasteiger partial charge on any atom is -0.506 e. The summed E-state index contributed by atoms with van der Waals surface area (Å²) in [6, 6.07) is -1.02. The lowest BCUT2D eigenvalue weighted by atomic mass is 9.52. The van der Waals surface area contributed by atoms with Gasteiger partial charge in [0.25, 0.3) is 0 Å². The molecular weight excluding hydrogens is 454 g/mol. The third-order valence-corrected chi connectivity index (χ3v) is 7.93. The Bertz CT molecular complexity index is 1150. The summed E-state index contributed by atoms with van der Waals surface area (Å²) in [7, 11) is 3.50. The molecule has 3 aliphatic carbocycles. The van der Waals surface area contributed by atoms with Crippen LogP contribution >= 0.6 is 0 Å². The number of hydrogen-bond acceptors (Lipinski definition) is 10. The Morgan fingerprint density at radius 3 is 2.43 bits per heavy atom. The van der Waals surface area contributed by atoms with E-state index in [9.17, 15) is 29.4 Å². The van der Waals surface area contributed by atoms with Crippen molar-refractivity contribution in [3.63, 3.8) is 0 Å². The molecule has 6 unspecified atom stereocenters.